The van der Waals surface area contributed by atoms with Gasteiger partial charge in [-0.05, 0) is 24.1 Å². The first-order valence-corrected chi connectivity index (χ1v) is 7.14. The fourth-order valence-corrected chi connectivity index (χ4v) is 1.61. The van der Waals surface area contributed by atoms with Crippen molar-refractivity contribution in [3.8, 4) is 11.5 Å². The van der Waals surface area contributed by atoms with Gasteiger partial charge in [-0.15, -0.1) is 0 Å². The first kappa shape index (κ1) is 17.6. The molecule has 0 saturated carbocycles. The van der Waals surface area contributed by atoms with Gasteiger partial charge in [-0.2, -0.15) is 0 Å². The van der Waals surface area contributed by atoms with Gasteiger partial charge in [0, 0.05) is 6.08 Å². The molecule has 4 heteroatoms. The lowest BCUT2D eigenvalue weighted by Gasteiger charge is -2.10. The second-order valence-electron chi connectivity index (χ2n) is 4.40. The number of carbonyl (C=O) groups is 1. The molecule has 0 radical (unpaired) electrons. The summed E-state index contributed by atoms with van der Waals surface area (Å²) >= 11 is 0. The van der Waals surface area contributed by atoms with Crippen molar-refractivity contribution in [1.82, 2.24) is 0 Å². The number of methoxy groups -OCH3 is 1. The van der Waals surface area contributed by atoms with Crippen molar-refractivity contribution >= 4 is 12.0 Å². The summed E-state index contributed by atoms with van der Waals surface area (Å²) in [6.07, 6.45) is 9.08. The van der Waals surface area contributed by atoms with Crippen LogP contribution < -0.4 is 9.47 Å². The third-order valence-corrected chi connectivity index (χ3v) is 2.62. The van der Waals surface area contributed by atoms with Crippen LogP contribution in [-0.4, -0.2) is 26.3 Å². The van der Waals surface area contributed by atoms with Crippen LogP contribution in [0.2, 0.25) is 0 Å². The maximum atomic E-state index is 11.2. The smallest absolute Gasteiger partial charge is 0.331 e. The predicted octanol–water partition coefficient (Wildman–Crippen LogP) is 3.78. The highest BCUT2D eigenvalue weighted by Crippen LogP contribution is 2.28. The van der Waals surface area contributed by atoms with Crippen molar-refractivity contribution < 1.29 is 19.0 Å². The molecule has 4 nitrogen and oxygen atoms in total. The van der Waals surface area contributed by atoms with Crippen LogP contribution in [0.3, 0.4) is 0 Å². The molecule has 0 amide bonds. The second kappa shape index (κ2) is 10.3. The average molecular weight is 302 g/mol. The van der Waals surface area contributed by atoms with Gasteiger partial charge in [0.15, 0.2) is 11.5 Å². The Morgan fingerprint density at radius 3 is 2.77 bits per heavy atom. The molecular formula is C18H22O4. The molecule has 0 bridgehead atoms. The summed E-state index contributed by atoms with van der Waals surface area (Å²) in [4.78, 5) is 11.2. The predicted molar refractivity (Wildman–Crippen MR) is 88.1 cm³/mol. The standard InChI is InChI=1S/C18H22O4/c1-4-12-21-17-14-15(10-11-16(17)20-3)8-6-7-9-18(19)22-13-5-2/h5-11,14H,2,4,12-13H2,1,3H3/b8-6+,9-7+. The summed E-state index contributed by atoms with van der Waals surface area (Å²) in [5.74, 6) is 1.02. The van der Waals surface area contributed by atoms with E-state index in [-0.39, 0.29) is 6.61 Å². The SMILES string of the molecule is C=CCOC(=O)/C=C/C=C/c1ccc(OC)c(OCCC)c1. The highest BCUT2D eigenvalue weighted by atomic mass is 16.5. The first-order chi connectivity index (χ1) is 10.7. The van der Waals surface area contributed by atoms with Crippen molar-refractivity contribution in [2.75, 3.05) is 20.3 Å². The summed E-state index contributed by atoms with van der Waals surface area (Å²) in [5, 5.41) is 0. The molecule has 0 aliphatic rings. The summed E-state index contributed by atoms with van der Waals surface area (Å²) in [6.45, 7) is 6.37. The summed E-state index contributed by atoms with van der Waals surface area (Å²) in [5.41, 5.74) is 0.955. The van der Waals surface area contributed by atoms with Gasteiger partial charge in [0.2, 0.25) is 0 Å². The molecule has 0 N–H and O–H groups in total. The topological polar surface area (TPSA) is 44.8 Å². The van der Waals surface area contributed by atoms with Crippen molar-refractivity contribution in [1.29, 1.82) is 0 Å². The molecule has 0 aromatic heterocycles. The van der Waals surface area contributed by atoms with E-state index in [1.165, 1.54) is 12.2 Å². The number of hydrogen-bond donors (Lipinski definition) is 0. The highest BCUT2D eigenvalue weighted by molar-refractivity contribution is 5.82. The van der Waals surface area contributed by atoms with Crippen LogP contribution in [0.25, 0.3) is 6.08 Å². The van der Waals surface area contributed by atoms with Gasteiger partial charge in [0.25, 0.3) is 0 Å². The maximum absolute atomic E-state index is 11.2. The Morgan fingerprint density at radius 1 is 1.27 bits per heavy atom. The van der Waals surface area contributed by atoms with Crippen LogP contribution in [0, 0.1) is 0 Å². The van der Waals surface area contributed by atoms with E-state index in [0.29, 0.717) is 18.1 Å². The summed E-state index contributed by atoms with van der Waals surface area (Å²) in [7, 11) is 1.61. The molecule has 1 aromatic carbocycles. The van der Waals surface area contributed by atoms with Crippen LogP contribution in [0.15, 0.2) is 49.1 Å². The van der Waals surface area contributed by atoms with Crippen molar-refractivity contribution in [3.05, 3.63) is 54.6 Å². The fourth-order valence-electron chi connectivity index (χ4n) is 1.61. The van der Waals surface area contributed by atoms with Gasteiger partial charge in [-0.3, -0.25) is 0 Å². The molecule has 1 aromatic rings. The summed E-state index contributed by atoms with van der Waals surface area (Å²) in [6, 6.07) is 5.67. The molecule has 0 unspecified atom stereocenters. The van der Waals surface area contributed by atoms with Gasteiger partial charge in [-0.1, -0.05) is 43.9 Å². The maximum Gasteiger partial charge on any atom is 0.331 e. The molecule has 0 fully saturated rings. The number of ether oxygens (including phenoxy) is 3. The number of benzene rings is 1. The van der Waals surface area contributed by atoms with Crippen LogP contribution in [-0.2, 0) is 9.53 Å². The Bertz CT molecular complexity index is 544. The molecular weight excluding hydrogens is 280 g/mol. The van der Waals surface area contributed by atoms with Crippen LogP contribution >= 0.6 is 0 Å². The number of rotatable bonds is 9. The molecule has 0 saturated heterocycles. The average Bonchev–Trinajstić information content (AvgIpc) is 2.55. The second-order valence-corrected chi connectivity index (χ2v) is 4.40. The van der Waals surface area contributed by atoms with Gasteiger partial charge in [-0.25, -0.2) is 4.79 Å². The summed E-state index contributed by atoms with van der Waals surface area (Å²) < 4.78 is 15.7. The Balaban J connectivity index is 2.68. The molecule has 0 aliphatic heterocycles. The van der Waals surface area contributed by atoms with E-state index in [9.17, 15) is 4.79 Å². The Hall–Kier alpha value is -2.49. The lowest BCUT2D eigenvalue weighted by Crippen LogP contribution is -1.99. The van der Waals surface area contributed by atoms with Gasteiger partial charge < -0.3 is 14.2 Å². The molecule has 0 heterocycles. The quantitative estimate of drug-likeness (QED) is 0.301. The zero-order valence-electron chi connectivity index (χ0n) is 13.1. The monoisotopic (exact) mass is 302 g/mol. The minimum atomic E-state index is -0.397. The highest BCUT2D eigenvalue weighted by Gasteiger charge is 2.03. The van der Waals surface area contributed by atoms with Crippen LogP contribution in [0.4, 0.5) is 0 Å². The number of carbonyl (C=O) groups excluding carboxylic acids is 1. The molecule has 0 atom stereocenters. The largest absolute Gasteiger partial charge is 0.493 e. The number of allylic oxidation sites excluding steroid dienone is 2. The Morgan fingerprint density at radius 2 is 2.09 bits per heavy atom. The Labute approximate surface area is 131 Å². The third kappa shape index (κ3) is 6.31. The van der Waals surface area contributed by atoms with E-state index in [4.69, 9.17) is 14.2 Å². The minimum Gasteiger partial charge on any atom is -0.493 e. The Kier molecular flexibility index (Phi) is 8.20. The normalized spacial score (nSPS) is 10.8. The molecule has 0 aliphatic carbocycles. The molecule has 118 valence electrons. The zero-order chi connectivity index (χ0) is 16.2. The minimum absolute atomic E-state index is 0.212. The van der Waals surface area contributed by atoms with Crippen molar-refractivity contribution in [2.45, 2.75) is 13.3 Å². The fraction of sp³-hybridized carbons (Fsp3) is 0.278. The van der Waals surface area contributed by atoms with E-state index in [0.717, 1.165) is 12.0 Å². The van der Waals surface area contributed by atoms with Crippen LogP contribution in [0.1, 0.15) is 18.9 Å². The van der Waals surface area contributed by atoms with Crippen molar-refractivity contribution in [2.24, 2.45) is 0 Å². The van der Waals surface area contributed by atoms with Crippen molar-refractivity contribution in [3.63, 3.8) is 0 Å². The van der Waals surface area contributed by atoms with Gasteiger partial charge in [0.05, 0.1) is 13.7 Å². The van der Waals surface area contributed by atoms with E-state index in [1.54, 1.807) is 19.3 Å². The zero-order valence-corrected chi connectivity index (χ0v) is 13.1. The van der Waals surface area contributed by atoms with Gasteiger partial charge in [0.1, 0.15) is 6.61 Å². The first-order valence-electron chi connectivity index (χ1n) is 7.14. The lowest BCUT2D eigenvalue weighted by atomic mass is 10.2. The number of hydrogen-bond acceptors (Lipinski definition) is 4. The molecule has 1 rings (SSSR count). The van der Waals surface area contributed by atoms with E-state index in [2.05, 4.69) is 6.58 Å². The number of esters is 1. The van der Waals surface area contributed by atoms with E-state index < -0.39 is 5.97 Å². The molecule has 0 spiro atoms. The van der Waals surface area contributed by atoms with Gasteiger partial charge >= 0.3 is 5.97 Å². The lowest BCUT2D eigenvalue weighted by molar-refractivity contribution is -0.136. The third-order valence-electron chi connectivity index (χ3n) is 2.62. The molecule has 22 heavy (non-hydrogen) atoms. The van der Waals surface area contributed by atoms with E-state index >= 15 is 0 Å². The van der Waals surface area contributed by atoms with E-state index in [1.807, 2.05) is 31.2 Å². The van der Waals surface area contributed by atoms with Crippen LogP contribution in [0.5, 0.6) is 11.5 Å².